The number of hydrogen-bond acceptors (Lipinski definition) is 1. The summed E-state index contributed by atoms with van der Waals surface area (Å²) in [6.45, 7) is 2.54. The standard InChI is InChI=1S/C11H14F2O/c1-8(14)10-5-3-9(4-6-10)7-11(2,12)13/h3-6,8,14H,7H2,1-2H3. The van der Waals surface area contributed by atoms with Crippen LogP contribution in [0.1, 0.15) is 31.1 Å². The predicted molar refractivity (Wildman–Crippen MR) is 51.4 cm³/mol. The van der Waals surface area contributed by atoms with Gasteiger partial charge in [0.05, 0.1) is 6.10 Å². The molecular formula is C11H14F2O. The van der Waals surface area contributed by atoms with Crippen LogP contribution in [0, 0.1) is 0 Å². The van der Waals surface area contributed by atoms with Gasteiger partial charge < -0.3 is 5.11 Å². The molecule has 14 heavy (non-hydrogen) atoms. The van der Waals surface area contributed by atoms with Crippen molar-refractivity contribution in [3.63, 3.8) is 0 Å². The van der Waals surface area contributed by atoms with Crippen molar-refractivity contribution in [3.05, 3.63) is 35.4 Å². The van der Waals surface area contributed by atoms with Gasteiger partial charge in [-0.1, -0.05) is 24.3 Å². The molecule has 1 atom stereocenters. The molecule has 1 aromatic carbocycles. The SMILES string of the molecule is CC(O)c1ccc(CC(C)(F)F)cc1. The summed E-state index contributed by atoms with van der Waals surface area (Å²) in [7, 11) is 0. The Hall–Kier alpha value is -0.960. The summed E-state index contributed by atoms with van der Waals surface area (Å²) in [5.41, 5.74) is 1.33. The lowest BCUT2D eigenvalue weighted by molar-refractivity contribution is 0.0226. The Morgan fingerprint density at radius 3 is 2.14 bits per heavy atom. The van der Waals surface area contributed by atoms with Crippen LogP contribution in [0.25, 0.3) is 0 Å². The minimum absolute atomic E-state index is 0.257. The third-order valence-electron chi connectivity index (χ3n) is 1.98. The molecule has 1 nitrogen and oxygen atoms in total. The Bertz CT molecular complexity index is 285. The molecule has 0 saturated heterocycles. The third kappa shape index (κ3) is 3.42. The monoisotopic (exact) mass is 200 g/mol. The fourth-order valence-corrected chi connectivity index (χ4v) is 1.27. The lowest BCUT2D eigenvalue weighted by Crippen LogP contribution is -2.13. The first kappa shape index (κ1) is 11.1. The van der Waals surface area contributed by atoms with Gasteiger partial charge in [-0.3, -0.25) is 0 Å². The van der Waals surface area contributed by atoms with Crippen LogP contribution >= 0.6 is 0 Å². The van der Waals surface area contributed by atoms with E-state index in [-0.39, 0.29) is 6.42 Å². The molecule has 1 unspecified atom stereocenters. The van der Waals surface area contributed by atoms with E-state index < -0.39 is 12.0 Å². The first-order chi connectivity index (χ1) is 6.38. The molecule has 3 heteroatoms. The molecule has 0 radical (unpaired) electrons. The highest BCUT2D eigenvalue weighted by Gasteiger charge is 2.21. The molecule has 0 bridgehead atoms. The quantitative estimate of drug-likeness (QED) is 0.795. The van der Waals surface area contributed by atoms with Crippen molar-refractivity contribution in [2.45, 2.75) is 32.3 Å². The first-order valence-electron chi connectivity index (χ1n) is 4.53. The molecule has 1 N–H and O–H groups in total. The summed E-state index contributed by atoms with van der Waals surface area (Å²) in [6, 6.07) is 6.59. The maximum atomic E-state index is 12.6. The van der Waals surface area contributed by atoms with E-state index in [1.165, 1.54) is 0 Å². The molecule has 0 aliphatic carbocycles. The van der Waals surface area contributed by atoms with E-state index in [4.69, 9.17) is 0 Å². The van der Waals surface area contributed by atoms with Crippen LogP contribution in [0.2, 0.25) is 0 Å². The van der Waals surface area contributed by atoms with Gasteiger partial charge in [0.25, 0.3) is 0 Å². The van der Waals surface area contributed by atoms with E-state index in [2.05, 4.69) is 0 Å². The van der Waals surface area contributed by atoms with Gasteiger partial charge in [-0.25, -0.2) is 8.78 Å². The summed E-state index contributed by atoms with van der Waals surface area (Å²) >= 11 is 0. The number of aliphatic hydroxyl groups excluding tert-OH is 1. The fraction of sp³-hybridized carbons (Fsp3) is 0.455. The van der Waals surface area contributed by atoms with E-state index in [1.807, 2.05) is 0 Å². The Labute approximate surface area is 82.4 Å². The van der Waals surface area contributed by atoms with Gasteiger partial charge in [0.15, 0.2) is 0 Å². The van der Waals surface area contributed by atoms with Crippen molar-refractivity contribution in [3.8, 4) is 0 Å². The lowest BCUT2D eigenvalue weighted by atomic mass is 10.0. The maximum absolute atomic E-state index is 12.6. The largest absolute Gasteiger partial charge is 0.389 e. The molecule has 0 aromatic heterocycles. The van der Waals surface area contributed by atoms with E-state index in [9.17, 15) is 13.9 Å². The van der Waals surface area contributed by atoms with Gasteiger partial charge in [-0.05, 0) is 25.0 Å². The highest BCUT2D eigenvalue weighted by molar-refractivity contribution is 5.24. The normalized spacial score (nSPS) is 14.1. The minimum Gasteiger partial charge on any atom is -0.389 e. The Morgan fingerprint density at radius 1 is 1.29 bits per heavy atom. The summed E-state index contributed by atoms with van der Waals surface area (Å²) in [6.07, 6.45) is -0.807. The second kappa shape index (κ2) is 4.05. The van der Waals surface area contributed by atoms with Crippen molar-refractivity contribution in [1.82, 2.24) is 0 Å². The van der Waals surface area contributed by atoms with Crippen LogP contribution in [-0.4, -0.2) is 11.0 Å². The Morgan fingerprint density at radius 2 is 1.79 bits per heavy atom. The number of benzene rings is 1. The van der Waals surface area contributed by atoms with Crippen molar-refractivity contribution < 1.29 is 13.9 Å². The maximum Gasteiger partial charge on any atom is 0.249 e. The zero-order chi connectivity index (χ0) is 10.8. The molecule has 0 aliphatic rings. The molecule has 0 aliphatic heterocycles. The van der Waals surface area contributed by atoms with E-state index in [0.717, 1.165) is 12.5 Å². The smallest absolute Gasteiger partial charge is 0.249 e. The van der Waals surface area contributed by atoms with Gasteiger partial charge in [0.1, 0.15) is 0 Å². The lowest BCUT2D eigenvalue weighted by Gasteiger charge is -2.11. The zero-order valence-electron chi connectivity index (χ0n) is 8.30. The van der Waals surface area contributed by atoms with Crippen LogP contribution < -0.4 is 0 Å². The average molecular weight is 200 g/mol. The molecule has 0 saturated carbocycles. The number of alkyl halides is 2. The van der Waals surface area contributed by atoms with Crippen LogP contribution in [-0.2, 0) is 6.42 Å². The number of aliphatic hydroxyl groups is 1. The molecule has 1 aromatic rings. The average Bonchev–Trinajstić information content (AvgIpc) is 2.02. The zero-order valence-corrected chi connectivity index (χ0v) is 8.30. The highest BCUT2D eigenvalue weighted by Crippen LogP contribution is 2.20. The van der Waals surface area contributed by atoms with E-state index in [0.29, 0.717) is 5.56 Å². The minimum atomic E-state index is -2.67. The molecular weight excluding hydrogens is 186 g/mol. The van der Waals surface area contributed by atoms with Gasteiger partial charge >= 0.3 is 0 Å². The van der Waals surface area contributed by atoms with E-state index >= 15 is 0 Å². The highest BCUT2D eigenvalue weighted by atomic mass is 19.3. The summed E-state index contributed by atoms with van der Waals surface area (Å²) in [5.74, 6) is -2.67. The molecule has 1 rings (SSSR count). The fourth-order valence-electron chi connectivity index (χ4n) is 1.27. The molecule has 78 valence electrons. The van der Waals surface area contributed by atoms with Crippen LogP contribution in [0.3, 0.4) is 0 Å². The summed E-state index contributed by atoms with van der Waals surface area (Å²) in [5, 5.41) is 9.20. The van der Waals surface area contributed by atoms with E-state index in [1.54, 1.807) is 31.2 Å². The number of rotatable bonds is 3. The second-order valence-electron chi connectivity index (χ2n) is 3.66. The molecule has 0 amide bonds. The topological polar surface area (TPSA) is 20.2 Å². The number of halogens is 2. The second-order valence-corrected chi connectivity index (χ2v) is 3.66. The van der Waals surface area contributed by atoms with Crippen molar-refractivity contribution in [1.29, 1.82) is 0 Å². The van der Waals surface area contributed by atoms with Crippen LogP contribution in [0.15, 0.2) is 24.3 Å². The third-order valence-corrected chi connectivity index (χ3v) is 1.98. The van der Waals surface area contributed by atoms with Gasteiger partial charge in [-0.2, -0.15) is 0 Å². The van der Waals surface area contributed by atoms with Crippen molar-refractivity contribution >= 4 is 0 Å². The Kier molecular flexibility index (Phi) is 3.21. The van der Waals surface area contributed by atoms with Crippen molar-refractivity contribution in [2.24, 2.45) is 0 Å². The summed E-state index contributed by atoms with van der Waals surface area (Å²) in [4.78, 5) is 0. The molecule has 0 heterocycles. The van der Waals surface area contributed by atoms with Gasteiger partial charge in [-0.15, -0.1) is 0 Å². The van der Waals surface area contributed by atoms with Gasteiger partial charge in [0, 0.05) is 6.42 Å². The predicted octanol–water partition coefficient (Wildman–Crippen LogP) is 2.94. The van der Waals surface area contributed by atoms with Crippen LogP contribution in [0.4, 0.5) is 8.78 Å². The summed E-state index contributed by atoms with van der Waals surface area (Å²) < 4.78 is 25.2. The Balaban J connectivity index is 2.74. The molecule has 0 fully saturated rings. The van der Waals surface area contributed by atoms with Gasteiger partial charge in [0.2, 0.25) is 5.92 Å². The number of hydrogen-bond donors (Lipinski definition) is 1. The van der Waals surface area contributed by atoms with Crippen molar-refractivity contribution in [2.75, 3.05) is 0 Å². The first-order valence-corrected chi connectivity index (χ1v) is 4.53. The molecule has 0 spiro atoms. The van der Waals surface area contributed by atoms with Crippen LogP contribution in [0.5, 0.6) is 0 Å².